The summed E-state index contributed by atoms with van der Waals surface area (Å²) in [7, 11) is 3.00. The molecule has 1 N–H and O–H groups in total. The minimum Gasteiger partial charge on any atom is -0.493 e. The summed E-state index contributed by atoms with van der Waals surface area (Å²) in [4.78, 5) is 24.5. The van der Waals surface area contributed by atoms with E-state index in [1.54, 1.807) is 42.5 Å². The topological polar surface area (TPSA) is 107 Å². The van der Waals surface area contributed by atoms with Gasteiger partial charge in [0.1, 0.15) is 5.75 Å². The smallest absolute Gasteiger partial charge is 0.347 e. The highest BCUT2D eigenvalue weighted by atomic mass is 16.6. The number of hydrogen-bond acceptors (Lipinski definition) is 7. The molecule has 2 rings (SSSR count). The fourth-order valence-electron chi connectivity index (χ4n) is 2.34. The molecule has 0 radical (unpaired) electrons. The Balaban J connectivity index is 1.92. The lowest BCUT2D eigenvalue weighted by Gasteiger charge is -2.18. The van der Waals surface area contributed by atoms with Crippen LogP contribution in [0.25, 0.3) is 0 Å². The summed E-state index contributed by atoms with van der Waals surface area (Å²) >= 11 is 0. The van der Waals surface area contributed by atoms with E-state index in [2.05, 4.69) is 5.32 Å². The van der Waals surface area contributed by atoms with E-state index < -0.39 is 24.1 Å². The molecule has 29 heavy (non-hydrogen) atoms. The minimum atomic E-state index is -1.04. The Kier molecular flexibility index (Phi) is 7.43. The van der Waals surface area contributed by atoms with E-state index in [-0.39, 0.29) is 0 Å². The van der Waals surface area contributed by atoms with Crippen LogP contribution in [0.2, 0.25) is 0 Å². The van der Waals surface area contributed by atoms with E-state index >= 15 is 0 Å². The van der Waals surface area contributed by atoms with Crippen molar-refractivity contribution in [3.05, 3.63) is 48.0 Å². The fraction of sp³-hybridized carbons (Fsp3) is 0.286. The Bertz CT molecular complexity index is 904. The maximum Gasteiger partial charge on any atom is 0.347 e. The lowest BCUT2D eigenvalue weighted by Crippen LogP contribution is -2.35. The number of hydrogen-bond donors (Lipinski definition) is 1. The molecule has 0 aromatic heterocycles. The Labute approximate surface area is 168 Å². The van der Waals surface area contributed by atoms with Crippen molar-refractivity contribution in [3.8, 4) is 23.3 Å². The molecule has 8 heteroatoms. The van der Waals surface area contributed by atoms with E-state index in [0.717, 1.165) is 0 Å². The number of methoxy groups -OCH3 is 2. The van der Waals surface area contributed by atoms with Crippen LogP contribution in [0, 0.1) is 11.3 Å². The molecular weight excluding hydrogens is 376 g/mol. The predicted octanol–water partition coefficient (Wildman–Crippen LogP) is 2.91. The molecule has 0 fully saturated rings. The Morgan fingerprint density at radius 3 is 2.21 bits per heavy atom. The third kappa shape index (κ3) is 5.87. The summed E-state index contributed by atoms with van der Waals surface area (Å²) < 4.78 is 21.0. The van der Waals surface area contributed by atoms with Crippen LogP contribution in [0.15, 0.2) is 42.5 Å². The van der Waals surface area contributed by atoms with Crippen molar-refractivity contribution in [1.82, 2.24) is 0 Å². The quantitative estimate of drug-likeness (QED) is 0.681. The number of anilines is 1. The maximum absolute atomic E-state index is 12.3. The predicted molar refractivity (Wildman–Crippen MR) is 105 cm³/mol. The van der Waals surface area contributed by atoms with Gasteiger partial charge >= 0.3 is 5.97 Å². The first-order chi connectivity index (χ1) is 13.9. The van der Waals surface area contributed by atoms with Crippen molar-refractivity contribution in [2.45, 2.75) is 26.1 Å². The molecule has 0 spiro atoms. The second-order valence-electron chi connectivity index (χ2n) is 6.03. The van der Waals surface area contributed by atoms with Crippen LogP contribution in [-0.4, -0.2) is 38.3 Å². The molecule has 8 nitrogen and oxygen atoms in total. The number of ether oxygens (including phenoxy) is 4. The number of amides is 1. The summed E-state index contributed by atoms with van der Waals surface area (Å²) in [6, 6.07) is 13.2. The van der Waals surface area contributed by atoms with Crippen LogP contribution in [-0.2, 0) is 14.3 Å². The van der Waals surface area contributed by atoms with E-state index in [1.807, 2.05) is 6.07 Å². The van der Waals surface area contributed by atoms with Gasteiger partial charge in [0.05, 0.1) is 25.9 Å². The standard InChI is InChI=1S/C21H22N2O6/c1-13(20(24)23-16-7-10-18(26-3)19(11-16)27-4)29-21(25)14(2)28-17-8-5-15(12-22)6-9-17/h5-11,13-14H,1-4H3,(H,23,24). The zero-order valence-electron chi connectivity index (χ0n) is 16.6. The molecule has 0 aliphatic heterocycles. The molecule has 0 aliphatic rings. The van der Waals surface area contributed by atoms with Crippen LogP contribution in [0.5, 0.6) is 17.2 Å². The Morgan fingerprint density at radius 1 is 0.966 bits per heavy atom. The van der Waals surface area contributed by atoms with E-state index in [0.29, 0.717) is 28.5 Å². The van der Waals surface area contributed by atoms with E-state index in [4.69, 9.17) is 24.2 Å². The van der Waals surface area contributed by atoms with Crippen molar-refractivity contribution in [3.63, 3.8) is 0 Å². The molecule has 2 unspecified atom stereocenters. The van der Waals surface area contributed by atoms with Gasteiger partial charge in [-0.15, -0.1) is 0 Å². The minimum absolute atomic E-state index is 0.413. The van der Waals surface area contributed by atoms with Crippen molar-refractivity contribution in [2.75, 3.05) is 19.5 Å². The van der Waals surface area contributed by atoms with Crippen LogP contribution in [0.4, 0.5) is 5.69 Å². The van der Waals surface area contributed by atoms with Crippen molar-refractivity contribution >= 4 is 17.6 Å². The number of nitriles is 1. The maximum atomic E-state index is 12.3. The largest absolute Gasteiger partial charge is 0.493 e. The molecule has 2 atom stereocenters. The normalized spacial score (nSPS) is 12.1. The van der Waals surface area contributed by atoms with Gasteiger partial charge in [-0.05, 0) is 50.2 Å². The molecule has 0 bridgehead atoms. The van der Waals surface area contributed by atoms with Gasteiger partial charge in [-0.25, -0.2) is 4.79 Å². The zero-order valence-corrected chi connectivity index (χ0v) is 16.6. The van der Waals surface area contributed by atoms with Crippen LogP contribution >= 0.6 is 0 Å². The molecular formula is C21H22N2O6. The third-order valence-electron chi connectivity index (χ3n) is 3.94. The van der Waals surface area contributed by atoms with Crippen molar-refractivity contribution in [2.24, 2.45) is 0 Å². The molecule has 0 saturated carbocycles. The van der Waals surface area contributed by atoms with E-state index in [1.165, 1.54) is 28.1 Å². The summed E-state index contributed by atoms with van der Waals surface area (Å²) in [5.41, 5.74) is 0.950. The summed E-state index contributed by atoms with van der Waals surface area (Å²) in [5.74, 6) is 0.203. The fourth-order valence-corrected chi connectivity index (χ4v) is 2.34. The van der Waals surface area contributed by atoms with Crippen LogP contribution < -0.4 is 19.5 Å². The average molecular weight is 398 g/mol. The lowest BCUT2D eigenvalue weighted by molar-refractivity contribution is -0.159. The van der Waals surface area contributed by atoms with Gasteiger partial charge in [0.25, 0.3) is 5.91 Å². The second-order valence-corrected chi connectivity index (χ2v) is 6.03. The highest BCUT2D eigenvalue weighted by Crippen LogP contribution is 2.29. The van der Waals surface area contributed by atoms with Gasteiger partial charge in [0.15, 0.2) is 23.7 Å². The summed E-state index contributed by atoms with van der Waals surface area (Å²) in [6.07, 6.45) is -1.97. The monoisotopic (exact) mass is 398 g/mol. The Morgan fingerprint density at radius 2 is 1.62 bits per heavy atom. The first-order valence-corrected chi connectivity index (χ1v) is 8.78. The number of esters is 1. The lowest BCUT2D eigenvalue weighted by atomic mass is 10.2. The summed E-state index contributed by atoms with van der Waals surface area (Å²) in [5, 5.41) is 11.4. The Hall–Kier alpha value is -3.73. The first-order valence-electron chi connectivity index (χ1n) is 8.78. The van der Waals surface area contributed by atoms with Crippen LogP contribution in [0.3, 0.4) is 0 Å². The van der Waals surface area contributed by atoms with Crippen molar-refractivity contribution < 1.29 is 28.5 Å². The number of nitrogens with one attached hydrogen (secondary N) is 1. The number of carbonyl (C=O) groups is 2. The van der Waals surface area contributed by atoms with Gasteiger partial charge < -0.3 is 24.3 Å². The molecule has 0 aliphatic carbocycles. The molecule has 152 valence electrons. The molecule has 0 saturated heterocycles. The van der Waals surface area contributed by atoms with Gasteiger partial charge in [0.2, 0.25) is 0 Å². The van der Waals surface area contributed by atoms with Gasteiger partial charge in [-0.3, -0.25) is 4.79 Å². The highest BCUT2D eigenvalue weighted by Gasteiger charge is 2.23. The number of benzene rings is 2. The van der Waals surface area contributed by atoms with Gasteiger partial charge in [-0.2, -0.15) is 5.26 Å². The highest BCUT2D eigenvalue weighted by molar-refractivity contribution is 5.95. The third-order valence-corrected chi connectivity index (χ3v) is 3.94. The summed E-state index contributed by atoms with van der Waals surface area (Å²) in [6.45, 7) is 2.97. The van der Waals surface area contributed by atoms with Gasteiger partial charge in [-0.1, -0.05) is 0 Å². The SMILES string of the molecule is COc1ccc(NC(=O)C(C)OC(=O)C(C)Oc2ccc(C#N)cc2)cc1OC. The zero-order chi connectivity index (χ0) is 21.4. The average Bonchev–Trinajstić information content (AvgIpc) is 2.73. The van der Waals surface area contributed by atoms with Crippen molar-refractivity contribution in [1.29, 1.82) is 5.26 Å². The molecule has 2 aromatic rings. The number of nitrogens with zero attached hydrogens (tertiary/aromatic N) is 1. The van der Waals surface area contributed by atoms with Crippen LogP contribution in [0.1, 0.15) is 19.4 Å². The van der Waals surface area contributed by atoms with E-state index in [9.17, 15) is 9.59 Å². The molecule has 0 heterocycles. The molecule has 1 amide bonds. The first kappa shape index (κ1) is 21.6. The molecule has 2 aromatic carbocycles. The number of carbonyl (C=O) groups excluding carboxylic acids is 2. The second kappa shape index (κ2) is 9.99. The van der Waals surface area contributed by atoms with Gasteiger partial charge in [0, 0.05) is 11.8 Å². The number of rotatable bonds is 8.